The first-order chi connectivity index (χ1) is 6.68. The Bertz CT molecular complexity index is 194. The molecule has 1 aliphatic carbocycles. The summed E-state index contributed by atoms with van der Waals surface area (Å²) < 4.78 is 25.1. The highest BCUT2D eigenvalue weighted by molar-refractivity contribution is 4.91. The van der Waals surface area contributed by atoms with E-state index < -0.39 is 11.5 Å². The lowest BCUT2D eigenvalue weighted by Crippen LogP contribution is -2.42. The van der Waals surface area contributed by atoms with Gasteiger partial charge in [0.05, 0.1) is 13.2 Å². The smallest absolute Gasteiger partial charge is 0.168 e. The van der Waals surface area contributed by atoms with E-state index >= 15 is 0 Å². The van der Waals surface area contributed by atoms with Gasteiger partial charge in [-0.1, -0.05) is 0 Å². The molecule has 0 amide bonds. The zero-order valence-electron chi connectivity index (χ0n) is 8.43. The van der Waals surface area contributed by atoms with Gasteiger partial charge in [0.15, 0.2) is 5.79 Å². The lowest BCUT2D eigenvalue weighted by atomic mass is 9.81. The molecule has 0 bridgehead atoms. The van der Waals surface area contributed by atoms with Gasteiger partial charge in [-0.15, -0.1) is 0 Å². The van der Waals surface area contributed by atoms with Crippen molar-refractivity contribution in [3.63, 3.8) is 0 Å². The van der Waals surface area contributed by atoms with Crippen molar-refractivity contribution in [2.75, 3.05) is 19.8 Å². The van der Waals surface area contributed by atoms with Crippen LogP contribution in [0.4, 0.5) is 4.39 Å². The molecule has 2 N–H and O–H groups in total. The Balaban J connectivity index is 1.90. The van der Waals surface area contributed by atoms with E-state index in [9.17, 15) is 4.39 Å². The second-order valence-corrected chi connectivity index (χ2v) is 4.30. The summed E-state index contributed by atoms with van der Waals surface area (Å²) in [7, 11) is 0. The van der Waals surface area contributed by atoms with E-state index in [4.69, 9.17) is 15.2 Å². The number of ether oxygens (including phenoxy) is 2. The maximum atomic E-state index is 14.0. The molecule has 1 heterocycles. The Labute approximate surface area is 83.7 Å². The lowest BCUT2D eigenvalue weighted by molar-refractivity contribution is -0.193. The van der Waals surface area contributed by atoms with Gasteiger partial charge in [-0.25, -0.2) is 4.39 Å². The van der Waals surface area contributed by atoms with Crippen LogP contribution in [0.2, 0.25) is 0 Å². The summed E-state index contributed by atoms with van der Waals surface area (Å²) in [6, 6.07) is 0. The van der Waals surface area contributed by atoms with E-state index in [1.807, 2.05) is 0 Å². The summed E-state index contributed by atoms with van der Waals surface area (Å²) in [5.74, 6) is -0.454. The van der Waals surface area contributed by atoms with Gasteiger partial charge in [0.2, 0.25) is 0 Å². The van der Waals surface area contributed by atoms with Crippen LogP contribution in [0.1, 0.15) is 32.1 Å². The van der Waals surface area contributed by atoms with Crippen LogP contribution < -0.4 is 5.73 Å². The van der Waals surface area contributed by atoms with E-state index in [-0.39, 0.29) is 0 Å². The molecule has 0 unspecified atom stereocenters. The fourth-order valence-corrected chi connectivity index (χ4v) is 2.37. The van der Waals surface area contributed by atoms with Gasteiger partial charge in [-0.2, -0.15) is 0 Å². The zero-order valence-corrected chi connectivity index (χ0v) is 8.43. The molecule has 0 aromatic rings. The van der Waals surface area contributed by atoms with E-state index in [2.05, 4.69) is 0 Å². The third-order valence-corrected chi connectivity index (χ3v) is 3.31. The summed E-state index contributed by atoms with van der Waals surface area (Å²) in [6.07, 6.45) is 2.84. The molecule has 1 saturated heterocycles. The molecule has 2 rings (SSSR count). The third-order valence-electron chi connectivity index (χ3n) is 3.31. The summed E-state index contributed by atoms with van der Waals surface area (Å²) >= 11 is 0. The first-order valence-electron chi connectivity index (χ1n) is 5.35. The first-order valence-corrected chi connectivity index (χ1v) is 5.35. The van der Waals surface area contributed by atoms with Crippen LogP contribution in [0.15, 0.2) is 0 Å². The predicted octanol–water partition coefficient (Wildman–Crippen LogP) is 1.36. The molecule has 0 aromatic heterocycles. The quantitative estimate of drug-likeness (QED) is 0.737. The van der Waals surface area contributed by atoms with Crippen molar-refractivity contribution in [2.45, 2.75) is 43.6 Å². The van der Waals surface area contributed by atoms with Crippen molar-refractivity contribution < 1.29 is 13.9 Å². The topological polar surface area (TPSA) is 44.5 Å². The number of rotatable bonds is 2. The van der Waals surface area contributed by atoms with Crippen LogP contribution in [0, 0.1) is 0 Å². The molecular weight excluding hydrogens is 185 g/mol. The van der Waals surface area contributed by atoms with E-state index in [0.29, 0.717) is 51.9 Å². The average molecular weight is 203 g/mol. The highest BCUT2D eigenvalue weighted by Gasteiger charge is 2.46. The zero-order chi connectivity index (χ0) is 10.1. The fraction of sp³-hybridized carbons (Fsp3) is 1.00. The van der Waals surface area contributed by atoms with Gasteiger partial charge in [-0.3, -0.25) is 0 Å². The van der Waals surface area contributed by atoms with Gasteiger partial charge in [0, 0.05) is 12.8 Å². The molecule has 1 aliphatic heterocycles. The Morgan fingerprint density at radius 3 is 2.14 bits per heavy atom. The van der Waals surface area contributed by atoms with Crippen LogP contribution in [0.5, 0.6) is 0 Å². The largest absolute Gasteiger partial charge is 0.348 e. The molecule has 2 fully saturated rings. The van der Waals surface area contributed by atoms with Gasteiger partial charge in [-0.05, 0) is 25.8 Å². The number of hydrogen-bond donors (Lipinski definition) is 1. The van der Waals surface area contributed by atoms with Gasteiger partial charge < -0.3 is 15.2 Å². The van der Waals surface area contributed by atoms with Crippen LogP contribution in [-0.4, -0.2) is 31.2 Å². The number of hydrogen-bond acceptors (Lipinski definition) is 3. The highest BCUT2D eigenvalue weighted by Crippen LogP contribution is 2.43. The van der Waals surface area contributed by atoms with Gasteiger partial charge >= 0.3 is 0 Å². The average Bonchev–Trinajstić information content (AvgIpc) is 2.61. The minimum Gasteiger partial charge on any atom is -0.348 e. The Hall–Kier alpha value is -0.190. The monoisotopic (exact) mass is 203 g/mol. The van der Waals surface area contributed by atoms with Crippen molar-refractivity contribution in [1.29, 1.82) is 0 Å². The molecule has 4 heteroatoms. The summed E-state index contributed by atoms with van der Waals surface area (Å²) in [4.78, 5) is 0. The normalized spacial score (nSPS) is 29.6. The summed E-state index contributed by atoms with van der Waals surface area (Å²) in [5, 5.41) is 0. The third kappa shape index (κ3) is 1.92. The number of nitrogens with two attached hydrogens (primary N) is 1. The molecule has 0 radical (unpaired) electrons. The Morgan fingerprint density at radius 1 is 1.07 bits per heavy atom. The van der Waals surface area contributed by atoms with Crippen molar-refractivity contribution >= 4 is 0 Å². The highest BCUT2D eigenvalue weighted by atomic mass is 19.1. The minimum absolute atomic E-state index is 0.422. The second-order valence-electron chi connectivity index (χ2n) is 4.30. The van der Waals surface area contributed by atoms with Crippen molar-refractivity contribution in [3.05, 3.63) is 0 Å². The molecule has 14 heavy (non-hydrogen) atoms. The SMILES string of the molecule is NCCC1(F)CCC2(CC1)OCCO2. The number of alkyl halides is 1. The lowest BCUT2D eigenvalue weighted by Gasteiger charge is -2.38. The fourth-order valence-electron chi connectivity index (χ4n) is 2.37. The number of halogens is 1. The molecule has 0 aromatic carbocycles. The molecule has 1 saturated carbocycles. The molecule has 82 valence electrons. The molecule has 0 atom stereocenters. The Kier molecular flexibility index (Phi) is 2.77. The van der Waals surface area contributed by atoms with Crippen molar-refractivity contribution in [2.24, 2.45) is 5.73 Å². The Morgan fingerprint density at radius 2 is 1.64 bits per heavy atom. The van der Waals surface area contributed by atoms with Crippen LogP contribution in [0.25, 0.3) is 0 Å². The van der Waals surface area contributed by atoms with Crippen molar-refractivity contribution in [1.82, 2.24) is 0 Å². The second kappa shape index (κ2) is 3.76. The van der Waals surface area contributed by atoms with Gasteiger partial charge in [0.25, 0.3) is 0 Å². The van der Waals surface area contributed by atoms with Crippen LogP contribution in [0.3, 0.4) is 0 Å². The van der Waals surface area contributed by atoms with Crippen molar-refractivity contribution in [3.8, 4) is 0 Å². The summed E-state index contributed by atoms with van der Waals surface area (Å²) in [6.45, 7) is 1.72. The van der Waals surface area contributed by atoms with Crippen LogP contribution in [-0.2, 0) is 9.47 Å². The maximum Gasteiger partial charge on any atom is 0.168 e. The first kappa shape index (κ1) is 10.3. The van der Waals surface area contributed by atoms with E-state index in [0.717, 1.165) is 0 Å². The predicted molar refractivity (Wildman–Crippen MR) is 50.6 cm³/mol. The maximum absolute atomic E-state index is 14.0. The van der Waals surface area contributed by atoms with E-state index in [1.165, 1.54) is 0 Å². The summed E-state index contributed by atoms with van der Waals surface area (Å²) in [5.41, 5.74) is 4.31. The molecule has 3 nitrogen and oxygen atoms in total. The molecule has 1 spiro atoms. The molecular formula is C10H18FNO2. The van der Waals surface area contributed by atoms with Crippen LogP contribution >= 0.6 is 0 Å². The van der Waals surface area contributed by atoms with Gasteiger partial charge in [0.1, 0.15) is 5.67 Å². The molecule has 2 aliphatic rings. The minimum atomic E-state index is -1.07. The standard InChI is InChI=1S/C10H18FNO2/c11-9(5-6-12)1-3-10(4-2-9)13-7-8-14-10/h1-8,12H2. The van der Waals surface area contributed by atoms with E-state index in [1.54, 1.807) is 0 Å².